The van der Waals surface area contributed by atoms with E-state index in [2.05, 4.69) is 4.74 Å². The minimum Gasteiger partial charge on any atom is -0.379 e. The molecule has 0 amide bonds. The topological polar surface area (TPSA) is 44.5 Å². The molecule has 2 N–H and O–H groups in total. The molecule has 0 aromatic heterocycles. The second-order valence-corrected chi connectivity index (χ2v) is 3.94. The van der Waals surface area contributed by atoms with Crippen LogP contribution < -0.4 is 5.73 Å². The Morgan fingerprint density at radius 2 is 2.13 bits per heavy atom. The molecule has 1 saturated heterocycles. The Labute approximate surface area is 86.7 Å². The first-order valence-electron chi connectivity index (χ1n) is 4.92. The van der Waals surface area contributed by atoms with Crippen LogP contribution in [0.25, 0.3) is 0 Å². The summed E-state index contributed by atoms with van der Waals surface area (Å²) >= 11 is 0. The molecule has 1 rings (SSSR count). The lowest BCUT2D eigenvalue weighted by atomic mass is 9.94. The summed E-state index contributed by atoms with van der Waals surface area (Å²) in [5, 5.41) is 0. The van der Waals surface area contributed by atoms with Gasteiger partial charge in [0.05, 0.1) is 6.61 Å². The molecule has 1 atom stereocenters. The quantitative estimate of drug-likeness (QED) is 0.723. The van der Waals surface area contributed by atoms with Gasteiger partial charge >= 0.3 is 6.18 Å². The Morgan fingerprint density at radius 1 is 1.40 bits per heavy atom. The average Bonchev–Trinajstić information content (AvgIpc) is 2.50. The Bertz CT molecular complexity index is 190. The van der Waals surface area contributed by atoms with Crippen molar-refractivity contribution in [3.63, 3.8) is 0 Å². The predicted octanol–water partition coefficient (Wildman–Crippen LogP) is 1.46. The zero-order valence-corrected chi connectivity index (χ0v) is 8.48. The number of alkyl halides is 3. The largest absolute Gasteiger partial charge is 0.411 e. The fourth-order valence-electron chi connectivity index (χ4n) is 1.53. The van der Waals surface area contributed by atoms with Gasteiger partial charge in [-0.2, -0.15) is 13.2 Å². The van der Waals surface area contributed by atoms with Crippen LogP contribution in [-0.4, -0.2) is 38.1 Å². The van der Waals surface area contributed by atoms with Crippen molar-refractivity contribution in [2.75, 3.05) is 26.4 Å². The summed E-state index contributed by atoms with van der Waals surface area (Å²) in [6, 6.07) is 0. The molecule has 0 radical (unpaired) electrons. The number of hydrogen-bond donors (Lipinski definition) is 1. The number of ether oxygens (including phenoxy) is 2. The maximum Gasteiger partial charge on any atom is 0.411 e. The van der Waals surface area contributed by atoms with Gasteiger partial charge in [0.25, 0.3) is 0 Å². The van der Waals surface area contributed by atoms with Crippen molar-refractivity contribution in [3.05, 3.63) is 0 Å². The Morgan fingerprint density at radius 3 is 2.67 bits per heavy atom. The minimum atomic E-state index is -4.24. The van der Waals surface area contributed by atoms with Crippen LogP contribution in [-0.2, 0) is 9.47 Å². The summed E-state index contributed by atoms with van der Waals surface area (Å²) in [6.45, 7) is 0.0473. The molecule has 1 unspecified atom stereocenters. The van der Waals surface area contributed by atoms with Crippen molar-refractivity contribution in [1.82, 2.24) is 0 Å². The van der Waals surface area contributed by atoms with E-state index in [0.29, 0.717) is 26.1 Å². The molecular weight excluding hydrogens is 211 g/mol. The van der Waals surface area contributed by atoms with Crippen LogP contribution in [0.15, 0.2) is 0 Å². The maximum atomic E-state index is 11.7. The molecule has 15 heavy (non-hydrogen) atoms. The summed E-state index contributed by atoms with van der Waals surface area (Å²) in [5.41, 5.74) is 5.56. The second kappa shape index (κ2) is 5.14. The van der Waals surface area contributed by atoms with Crippen LogP contribution in [0.4, 0.5) is 13.2 Å². The van der Waals surface area contributed by atoms with Gasteiger partial charge in [-0.1, -0.05) is 0 Å². The molecule has 0 bridgehead atoms. The summed E-state index contributed by atoms with van der Waals surface area (Å²) < 4.78 is 44.7. The molecular formula is C9H16F3NO2. The van der Waals surface area contributed by atoms with Gasteiger partial charge in [-0.25, -0.2) is 0 Å². The van der Waals surface area contributed by atoms with Gasteiger partial charge in [0.2, 0.25) is 0 Å². The number of nitrogens with two attached hydrogens (primary N) is 1. The first-order chi connectivity index (χ1) is 6.91. The van der Waals surface area contributed by atoms with E-state index in [9.17, 15) is 13.2 Å². The van der Waals surface area contributed by atoms with E-state index in [4.69, 9.17) is 10.5 Å². The predicted molar refractivity (Wildman–Crippen MR) is 48.5 cm³/mol. The molecule has 1 fully saturated rings. The van der Waals surface area contributed by atoms with E-state index in [1.165, 1.54) is 0 Å². The zero-order chi connectivity index (χ0) is 11.4. The van der Waals surface area contributed by atoms with Crippen LogP contribution in [0.2, 0.25) is 0 Å². The monoisotopic (exact) mass is 227 g/mol. The Hall–Kier alpha value is -0.330. The van der Waals surface area contributed by atoms with E-state index >= 15 is 0 Å². The average molecular weight is 227 g/mol. The molecule has 1 aliphatic heterocycles. The molecule has 0 aliphatic carbocycles. The van der Waals surface area contributed by atoms with Gasteiger partial charge in [-0.3, -0.25) is 0 Å². The van der Waals surface area contributed by atoms with Crippen LogP contribution in [0.1, 0.15) is 19.3 Å². The van der Waals surface area contributed by atoms with Crippen molar-refractivity contribution in [1.29, 1.82) is 0 Å². The van der Waals surface area contributed by atoms with Gasteiger partial charge in [-0.15, -0.1) is 0 Å². The van der Waals surface area contributed by atoms with E-state index in [1.807, 2.05) is 0 Å². The second-order valence-electron chi connectivity index (χ2n) is 3.94. The molecule has 1 heterocycles. The zero-order valence-electron chi connectivity index (χ0n) is 8.48. The van der Waals surface area contributed by atoms with Crippen molar-refractivity contribution in [2.24, 2.45) is 5.73 Å². The maximum absolute atomic E-state index is 11.7. The summed E-state index contributed by atoms with van der Waals surface area (Å²) in [4.78, 5) is 0. The fraction of sp³-hybridized carbons (Fsp3) is 1.00. The first kappa shape index (κ1) is 12.7. The third-order valence-corrected chi connectivity index (χ3v) is 2.36. The van der Waals surface area contributed by atoms with Crippen LogP contribution in [0.3, 0.4) is 0 Å². The summed E-state index contributed by atoms with van der Waals surface area (Å²) in [6.07, 6.45) is -2.29. The summed E-state index contributed by atoms with van der Waals surface area (Å²) in [5.74, 6) is 0. The van der Waals surface area contributed by atoms with Crippen molar-refractivity contribution >= 4 is 0 Å². The highest BCUT2D eigenvalue weighted by Crippen LogP contribution is 2.21. The third-order valence-electron chi connectivity index (χ3n) is 2.36. The first-order valence-corrected chi connectivity index (χ1v) is 4.92. The highest BCUT2D eigenvalue weighted by Gasteiger charge is 2.30. The van der Waals surface area contributed by atoms with Gasteiger partial charge in [0, 0.05) is 18.8 Å². The minimum absolute atomic E-state index is 0.0957. The SMILES string of the molecule is NC1(CCCOCC(F)(F)F)CCOC1. The molecule has 0 spiro atoms. The van der Waals surface area contributed by atoms with Gasteiger partial charge in [0.1, 0.15) is 6.61 Å². The molecule has 90 valence electrons. The number of hydrogen-bond acceptors (Lipinski definition) is 3. The fourth-order valence-corrected chi connectivity index (χ4v) is 1.53. The van der Waals surface area contributed by atoms with Crippen molar-refractivity contribution < 1.29 is 22.6 Å². The van der Waals surface area contributed by atoms with E-state index < -0.39 is 12.8 Å². The molecule has 0 saturated carbocycles. The van der Waals surface area contributed by atoms with Crippen LogP contribution in [0.5, 0.6) is 0 Å². The van der Waals surface area contributed by atoms with Gasteiger partial charge in [-0.05, 0) is 19.3 Å². The highest BCUT2D eigenvalue weighted by atomic mass is 19.4. The van der Waals surface area contributed by atoms with E-state index in [1.54, 1.807) is 0 Å². The van der Waals surface area contributed by atoms with Gasteiger partial charge in [0.15, 0.2) is 0 Å². The van der Waals surface area contributed by atoms with E-state index in [0.717, 1.165) is 6.42 Å². The molecule has 6 heteroatoms. The molecule has 0 aromatic rings. The number of halogens is 3. The van der Waals surface area contributed by atoms with E-state index in [-0.39, 0.29) is 12.1 Å². The smallest absolute Gasteiger partial charge is 0.379 e. The van der Waals surface area contributed by atoms with Crippen molar-refractivity contribution in [3.8, 4) is 0 Å². The molecule has 0 aromatic carbocycles. The third kappa shape index (κ3) is 5.34. The summed E-state index contributed by atoms with van der Waals surface area (Å²) in [7, 11) is 0. The molecule has 1 aliphatic rings. The van der Waals surface area contributed by atoms with Crippen molar-refractivity contribution in [2.45, 2.75) is 31.0 Å². The lowest BCUT2D eigenvalue weighted by Crippen LogP contribution is -2.40. The standard InChI is InChI=1S/C9H16F3NO2/c10-9(11,12)7-14-4-1-2-8(13)3-5-15-6-8/h1-7,13H2. The number of rotatable bonds is 5. The molecule has 3 nitrogen and oxygen atoms in total. The van der Waals surface area contributed by atoms with Crippen LogP contribution in [0, 0.1) is 0 Å². The Kier molecular flexibility index (Phi) is 4.36. The Balaban J connectivity index is 2.02. The van der Waals surface area contributed by atoms with Crippen LogP contribution >= 0.6 is 0 Å². The van der Waals surface area contributed by atoms with Gasteiger partial charge < -0.3 is 15.2 Å². The lowest BCUT2D eigenvalue weighted by Gasteiger charge is -2.21. The highest BCUT2D eigenvalue weighted by molar-refractivity contribution is 4.87. The lowest BCUT2D eigenvalue weighted by molar-refractivity contribution is -0.174. The normalized spacial score (nSPS) is 27.2.